The SMILES string of the molecule is CCN1CCN(c2ccc(Nc3nccc(C(F)(F)F)n3)cc2)CC1. The van der Waals surface area contributed by atoms with E-state index in [4.69, 9.17) is 0 Å². The molecule has 0 saturated carbocycles. The average Bonchev–Trinajstić information content (AvgIpc) is 2.62. The smallest absolute Gasteiger partial charge is 0.369 e. The van der Waals surface area contributed by atoms with Crippen molar-refractivity contribution in [3.05, 3.63) is 42.2 Å². The Morgan fingerprint density at radius 2 is 1.72 bits per heavy atom. The fraction of sp³-hybridized carbons (Fsp3) is 0.412. The van der Waals surface area contributed by atoms with Gasteiger partial charge >= 0.3 is 6.18 Å². The molecule has 2 aromatic rings. The van der Waals surface area contributed by atoms with Gasteiger partial charge in [-0.05, 0) is 36.9 Å². The molecule has 1 aromatic heterocycles. The molecule has 134 valence electrons. The Morgan fingerprint density at radius 1 is 1.04 bits per heavy atom. The van der Waals surface area contributed by atoms with Crippen LogP contribution in [-0.2, 0) is 6.18 Å². The summed E-state index contributed by atoms with van der Waals surface area (Å²) in [5.74, 6) is -0.0702. The van der Waals surface area contributed by atoms with E-state index in [2.05, 4.69) is 32.0 Å². The Bertz CT molecular complexity index is 694. The highest BCUT2D eigenvalue weighted by Crippen LogP contribution is 2.28. The molecule has 25 heavy (non-hydrogen) atoms. The number of hydrogen-bond donors (Lipinski definition) is 1. The molecule has 2 heterocycles. The fourth-order valence-corrected chi connectivity index (χ4v) is 2.78. The molecule has 5 nitrogen and oxygen atoms in total. The van der Waals surface area contributed by atoms with E-state index in [1.165, 1.54) is 0 Å². The summed E-state index contributed by atoms with van der Waals surface area (Å²) in [5.41, 5.74) is 0.789. The average molecular weight is 351 g/mol. The maximum absolute atomic E-state index is 12.7. The van der Waals surface area contributed by atoms with Gasteiger partial charge < -0.3 is 15.1 Å². The zero-order valence-corrected chi connectivity index (χ0v) is 13.9. The van der Waals surface area contributed by atoms with Gasteiger partial charge in [-0.2, -0.15) is 13.2 Å². The van der Waals surface area contributed by atoms with Crippen molar-refractivity contribution >= 4 is 17.3 Å². The Hall–Kier alpha value is -2.35. The standard InChI is InChI=1S/C17H20F3N5/c1-2-24-9-11-25(12-10-24)14-5-3-13(4-6-14)22-16-21-8-7-15(23-16)17(18,19)20/h3-8H,2,9-12H2,1H3,(H,21,22,23). The van der Waals surface area contributed by atoms with Crippen LogP contribution in [0.4, 0.5) is 30.5 Å². The van der Waals surface area contributed by atoms with E-state index in [0.717, 1.165) is 50.7 Å². The van der Waals surface area contributed by atoms with Crippen LogP contribution in [0.5, 0.6) is 0 Å². The summed E-state index contributed by atoms with van der Waals surface area (Å²) < 4.78 is 38.1. The highest BCUT2D eigenvalue weighted by atomic mass is 19.4. The zero-order chi connectivity index (χ0) is 17.9. The third kappa shape index (κ3) is 4.39. The molecule has 1 aliphatic rings. The number of rotatable bonds is 4. The quantitative estimate of drug-likeness (QED) is 0.915. The van der Waals surface area contributed by atoms with Crippen molar-refractivity contribution in [2.75, 3.05) is 42.9 Å². The van der Waals surface area contributed by atoms with Crippen LogP contribution in [0.15, 0.2) is 36.5 Å². The van der Waals surface area contributed by atoms with Gasteiger partial charge in [0, 0.05) is 43.8 Å². The second kappa shape index (κ2) is 7.26. The predicted octanol–water partition coefficient (Wildman–Crippen LogP) is 3.38. The molecule has 0 spiro atoms. The fourth-order valence-electron chi connectivity index (χ4n) is 2.78. The lowest BCUT2D eigenvalue weighted by Gasteiger charge is -2.35. The molecule has 0 unspecified atom stereocenters. The van der Waals surface area contributed by atoms with E-state index in [0.29, 0.717) is 5.69 Å². The molecule has 0 amide bonds. The minimum atomic E-state index is -4.48. The van der Waals surface area contributed by atoms with Crippen LogP contribution in [0, 0.1) is 0 Å². The number of piperazine rings is 1. The van der Waals surface area contributed by atoms with Crippen molar-refractivity contribution < 1.29 is 13.2 Å². The second-order valence-corrected chi connectivity index (χ2v) is 5.86. The van der Waals surface area contributed by atoms with Crippen molar-refractivity contribution in [1.82, 2.24) is 14.9 Å². The first-order valence-electron chi connectivity index (χ1n) is 8.20. The molecular weight excluding hydrogens is 331 g/mol. The van der Waals surface area contributed by atoms with Gasteiger partial charge in [0.25, 0.3) is 0 Å². The highest BCUT2D eigenvalue weighted by Gasteiger charge is 2.32. The third-order valence-electron chi connectivity index (χ3n) is 4.25. The Morgan fingerprint density at radius 3 is 2.32 bits per heavy atom. The monoisotopic (exact) mass is 351 g/mol. The van der Waals surface area contributed by atoms with Crippen LogP contribution in [-0.4, -0.2) is 47.6 Å². The summed E-state index contributed by atoms with van der Waals surface area (Å²) in [6, 6.07) is 8.41. The summed E-state index contributed by atoms with van der Waals surface area (Å²) >= 11 is 0. The summed E-state index contributed by atoms with van der Waals surface area (Å²) in [5, 5.41) is 2.81. The van der Waals surface area contributed by atoms with E-state index in [9.17, 15) is 13.2 Å². The van der Waals surface area contributed by atoms with E-state index in [1.54, 1.807) is 0 Å². The second-order valence-electron chi connectivity index (χ2n) is 5.86. The zero-order valence-electron chi connectivity index (χ0n) is 13.9. The maximum Gasteiger partial charge on any atom is 0.433 e. The van der Waals surface area contributed by atoms with Crippen LogP contribution in [0.3, 0.4) is 0 Å². The normalized spacial score (nSPS) is 16.1. The van der Waals surface area contributed by atoms with Crippen LogP contribution in [0.2, 0.25) is 0 Å². The Balaban J connectivity index is 1.65. The van der Waals surface area contributed by atoms with Crippen molar-refractivity contribution in [2.24, 2.45) is 0 Å². The van der Waals surface area contributed by atoms with Crippen molar-refractivity contribution in [2.45, 2.75) is 13.1 Å². The summed E-state index contributed by atoms with van der Waals surface area (Å²) in [6.07, 6.45) is -3.39. The predicted molar refractivity (Wildman–Crippen MR) is 91.1 cm³/mol. The first-order chi connectivity index (χ1) is 12.0. The lowest BCUT2D eigenvalue weighted by Crippen LogP contribution is -2.46. The lowest BCUT2D eigenvalue weighted by molar-refractivity contribution is -0.141. The molecule has 1 aromatic carbocycles. The topological polar surface area (TPSA) is 44.3 Å². The summed E-state index contributed by atoms with van der Waals surface area (Å²) in [4.78, 5) is 12.0. The van der Waals surface area contributed by atoms with Crippen LogP contribution >= 0.6 is 0 Å². The number of anilines is 3. The molecule has 0 bridgehead atoms. The minimum Gasteiger partial charge on any atom is -0.369 e. The number of likely N-dealkylation sites (N-methyl/N-ethyl adjacent to an activating group) is 1. The van der Waals surface area contributed by atoms with Gasteiger partial charge in [0.15, 0.2) is 0 Å². The highest BCUT2D eigenvalue weighted by molar-refractivity contribution is 5.59. The van der Waals surface area contributed by atoms with Gasteiger partial charge in [-0.3, -0.25) is 0 Å². The van der Waals surface area contributed by atoms with Gasteiger partial charge in [0.2, 0.25) is 5.95 Å². The molecule has 1 fully saturated rings. The van der Waals surface area contributed by atoms with Crippen LogP contribution < -0.4 is 10.2 Å². The van der Waals surface area contributed by atoms with Crippen LogP contribution in [0.1, 0.15) is 12.6 Å². The molecule has 0 aliphatic carbocycles. The first-order valence-corrected chi connectivity index (χ1v) is 8.20. The van der Waals surface area contributed by atoms with Gasteiger partial charge in [-0.15, -0.1) is 0 Å². The van der Waals surface area contributed by atoms with Gasteiger partial charge in [-0.25, -0.2) is 9.97 Å². The minimum absolute atomic E-state index is 0.0702. The number of aromatic nitrogens is 2. The molecule has 3 rings (SSSR count). The molecule has 1 N–H and O–H groups in total. The number of benzene rings is 1. The lowest BCUT2D eigenvalue weighted by atomic mass is 10.2. The Labute approximate surface area is 144 Å². The number of halogens is 3. The maximum atomic E-state index is 12.7. The first kappa shape index (κ1) is 17.5. The van der Waals surface area contributed by atoms with Crippen molar-refractivity contribution in [3.8, 4) is 0 Å². The largest absolute Gasteiger partial charge is 0.433 e. The van der Waals surface area contributed by atoms with Crippen molar-refractivity contribution in [3.63, 3.8) is 0 Å². The van der Waals surface area contributed by atoms with Crippen molar-refractivity contribution in [1.29, 1.82) is 0 Å². The number of alkyl halides is 3. The third-order valence-corrected chi connectivity index (χ3v) is 4.25. The molecule has 8 heteroatoms. The number of nitrogens with one attached hydrogen (secondary N) is 1. The summed E-state index contributed by atoms with van der Waals surface area (Å²) in [6.45, 7) is 7.23. The Kier molecular flexibility index (Phi) is 5.08. The van der Waals surface area contributed by atoms with Gasteiger partial charge in [0.1, 0.15) is 5.69 Å². The van der Waals surface area contributed by atoms with Crippen LogP contribution in [0.25, 0.3) is 0 Å². The molecule has 1 saturated heterocycles. The summed E-state index contributed by atoms with van der Waals surface area (Å²) in [7, 11) is 0. The molecule has 0 atom stereocenters. The van der Waals surface area contributed by atoms with E-state index in [1.807, 2.05) is 24.3 Å². The van der Waals surface area contributed by atoms with Gasteiger partial charge in [-0.1, -0.05) is 6.92 Å². The van der Waals surface area contributed by atoms with E-state index < -0.39 is 11.9 Å². The van der Waals surface area contributed by atoms with Gasteiger partial charge in [0.05, 0.1) is 0 Å². The number of nitrogens with zero attached hydrogens (tertiary/aromatic N) is 4. The molecular formula is C17H20F3N5. The molecule has 0 radical (unpaired) electrons. The van der Waals surface area contributed by atoms with E-state index >= 15 is 0 Å². The number of hydrogen-bond acceptors (Lipinski definition) is 5. The van der Waals surface area contributed by atoms with E-state index in [-0.39, 0.29) is 5.95 Å². The molecule has 1 aliphatic heterocycles.